The van der Waals surface area contributed by atoms with E-state index in [0.717, 1.165) is 21.4 Å². The van der Waals surface area contributed by atoms with Gasteiger partial charge in [0.1, 0.15) is 5.82 Å². The van der Waals surface area contributed by atoms with Crippen LogP contribution in [0.1, 0.15) is 5.56 Å². The van der Waals surface area contributed by atoms with Gasteiger partial charge in [0.05, 0.1) is 5.03 Å². The summed E-state index contributed by atoms with van der Waals surface area (Å²) in [4.78, 5) is 4.32. The largest absolute Gasteiger partial charge is 0.308 e. The molecule has 17 heavy (non-hydrogen) atoms. The van der Waals surface area contributed by atoms with Crippen LogP contribution in [0.4, 0.5) is 5.82 Å². The van der Waals surface area contributed by atoms with Crippen molar-refractivity contribution in [1.82, 2.24) is 4.98 Å². The zero-order valence-electron chi connectivity index (χ0n) is 9.06. The molecule has 0 saturated carbocycles. The molecule has 0 saturated heterocycles. The highest BCUT2D eigenvalue weighted by atomic mass is 35.5. The second-order valence-corrected chi connectivity index (χ2v) is 4.79. The van der Waals surface area contributed by atoms with Crippen molar-refractivity contribution in [1.29, 1.82) is 0 Å². The highest BCUT2D eigenvalue weighted by Crippen LogP contribution is 2.25. The van der Waals surface area contributed by atoms with E-state index in [4.69, 9.17) is 17.4 Å². The summed E-state index contributed by atoms with van der Waals surface area (Å²) in [6, 6.07) is 13.5. The number of thioether (sulfide) groups is 1. The number of halogens is 1. The fourth-order valence-corrected chi connectivity index (χ4v) is 2.52. The molecular weight excluding hydrogens is 254 g/mol. The van der Waals surface area contributed by atoms with Crippen LogP contribution in [-0.2, 0) is 5.75 Å². The van der Waals surface area contributed by atoms with Crippen molar-refractivity contribution in [3.63, 3.8) is 0 Å². The van der Waals surface area contributed by atoms with Gasteiger partial charge < -0.3 is 5.43 Å². The van der Waals surface area contributed by atoms with Crippen molar-refractivity contribution in [2.24, 2.45) is 5.84 Å². The van der Waals surface area contributed by atoms with Crippen LogP contribution < -0.4 is 11.3 Å². The molecule has 0 radical (unpaired) electrons. The second-order valence-electron chi connectivity index (χ2n) is 3.39. The van der Waals surface area contributed by atoms with Gasteiger partial charge in [-0.15, -0.1) is 11.8 Å². The monoisotopic (exact) mass is 265 g/mol. The summed E-state index contributed by atoms with van der Waals surface area (Å²) >= 11 is 7.71. The Morgan fingerprint density at radius 2 is 2.00 bits per heavy atom. The zero-order valence-corrected chi connectivity index (χ0v) is 10.6. The molecule has 5 heteroatoms. The summed E-state index contributed by atoms with van der Waals surface area (Å²) < 4.78 is 0. The molecule has 0 atom stereocenters. The number of rotatable bonds is 4. The van der Waals surface area contributed by atoms with Gasteiger partial charge in [0, 0.05) is 10.8 Å². The number of benzene rings is 1. The predicted octanol–water partition coefficient (Wildman–Crippen LogP) is 3.31. The maximum Gasteiger partial charge on any atom is 0.141 e. The van der Waals surface area contributed by atoms with Crippen molar-refractivity contribution in [2.75, 3.05) is 5.43 Å². The van der Waals surface area contributed by atoms with Gasteiger partial charge in [0.2, 0.25) is 0 Å². The number of hydrogen-bond acceptors (Lipinski definition) is 4. The Morgan fingerprint density at radius 3 is 2.76 bits per heavy atom. The third kappa shape index (κ3) is 3.36. The molecule has 0 aliphatic heterocycles. The van der Waals surface area contributed by atoms with Crippen LogP contribution in [0, 0.1) is 0 Å². The van der Waals surface area contributed by atoms with Crippen LogP contribution in [0.15, 0.2) is 47.5 Å². The molecule has 1 aromatic carbocycles. The first kappa shape index (κ1) is 12.2. The van der Waals surface area contributed by atoms with Gasteiger partial charge in [0.25, 0.3) is 0 Å². The lowest BCUT2D eigenvalue weighted by atomic mass is 10.2. The Kier molecular flexibility index (Phi) is 4.25. The van der Waals surface area contributed by atoms with E-state index in [2.05, 4.69) is 10.4 Å². The van der Waals surface area contributed by atoms with Crippen LogP contribution in [0.5, 0.6) is 0 Å². The molecule has 0 aliphatic rings. The maximum absolute atomic E-state index is 6.08. The van der Waals surface area contributed by atoms with Gasteiger partial charge in [0.15, 0.2) is 0 Å². The topological polar surface area (TPSA) is 50.9 Å². The van der Waals surface area contributed by atoms with E-state index in [1.165, 1.54) is 0 Å². The standard InChI is InChI=1S/C12H12ClN3S/c13-10-5-2-1-4-9(10)8-17-12-7-3-6-11(15-12)16-14/h1-7H,8,14H2,(H,15,16). The molecule has 1 heterocycles. The predicted molar refractivity (Wildman–Crippen MR) is 73.1 cm³/mol. The van der Waals surface area contributed by atoms with Gasteiger partial charge in [-0.25, -0.2) is 10.8 Å². The molecule has 88 valence electrons. The number of anilines is 1. The highest BCUT2D eigenvalue weighted by Gasteiger charge is 2.02. The van der Waals surface area contributed by atoms with Crippen molar-refractivity contribution in [3.05, 3.63) is 53.1 Å². The van der Waals surface area contributed by atoms with Crippen molar-refractivity contribution in [2.45, 2.75) is 10.8 Å². The minimum atomic E-state index is 0.661. The van der Waals surface area contributed by atoms with E-state index in [9.17, 15) is 0 Å². The summed E-state index contributed by atoms with van der Waals surface area (Å²) in [5.74, 6) is 6.76. The SMILES string of the molecule is NNc1cccc(SCc2ccccc2Cl)n1. The Labute approximate surface area is 109 Å². The van der Waals surface area contributed by atoms with Gasteiger partial charge in [-0.05, 0) is 23.8 Å². The molecule has 0 amide bonds. The molecule has 0 fully saturated rings. The molecule has 0 bridgehead atoms. The normalized spacial score (nSPS) is 10.2. The van der Waals surface area contributed by atoms with Crippen molar-refractivity contribution in [3.8, 4) is 0 Å². The summed E-state index contributed by atoms with van der Waals surface area (Å²) in [6.07, 6.45) is 0. The van der Waals surface area contributed by atoms with E-state index in [1.807, 2.05) is 42.5 Å². The Balaban J connectivity index is 2.05. The van der Waals surface area contributed by atoms with E-state index < -0.39 is 0 Å². The second kappa shape index (κ2) is 5.91. The summed E-state index contributed by atoms with van der Waals surface area (Å²) in [5.41, 5.74) is 3.63. The number of nitrogen functional groups attached to an aromatic ring is 1. The first-order valence-corrected chi connectivity index (χ1v) is 6.46. The van der Waals surface area contributed by atoms with E-state index in [1.54, 1.807) is 11.8 Å². The molecule has 0 spiro atoms. The molecule has 0 unspecified atom stereocenters. The number of nitrogens with two attached hydrogens (primary N) is 1. The fourth-order valence-electron chi connectivity index (χ4n) is 1.34. The van der Waals surface area contributed by atoms with Gasteiger partial charge in [-0.2, -0.15) is 0 Å². The van der Waals surface area contributed by atoms with Crippen LogP contribution >= 0.6 is 23.4 Å². The molecule has 3 nitrogen and oxygen atoms in total. The highest BCUT2D eigenvalue weighted by molar-refractivity contribution is 7.98. The number of pyridine rings is 1. The summed E-state index contributed by atoms with van der Waals surface area (Å²) in [5, 5.41) is 1.70. The van der Waals surface area contributed by atoms with Crippen molar-refractivity contribution < 1.29 is 0 Å². The Bertz CT molecular complexity index is 505. The van der Waals surface area contributed by atoms with Crippen LogP contribution in [0.25, 0.3) is 0 Å². The smallest absolute Gasteiger partial charge is 0.141 e. The van der Waals surface area contributed by atoms with Gasteiger partial charge in [-0.3, -0.25) is 0 Å². The van der Waals surface area contributed by atoms with Crippen LogP contribution in [0.2, 0.25) is 5.02 Å². The lowest BCUT2D eigenvalue weighted by Gasteiger charge is -2.05. The minimum absolute atomic E-state index is 0.661. The number of hydrogen-bond donors (Lipinski definition) is 2. The zero-order chi connectivity index (χ0) is 12.1. The maximum atomic E-state index is 6.08. The lowest BCUT2D eigenvalue weighted by Crippen LogP contribution is -2.08. The third-order valence-corrected chi connectivity index (χ3v) is 3.55. The number of hydrazine groups is 1. The lowest BCUT2D eigenvalue weighted by molar-refractivity contribution is 1.10. The van der Waals surface area contributed by atoms with Crippen LogP contribution in [0.3, 0.4) is 0 Å². The Morgan fingerprint density at radius 1 is 1.18 bits per heavy atom. The fraction of sp³-hybridized carbons (Fsp3) is 0.0833. The number of nitrogens with zero attached hydrogens (tertiary/aromatic N) is 1. The average Bonchev–Trinajstić information content (AvgIpc) is 2.38. The third-order valence-electron chi connectivity index (χ3n) is 2.20. The molecule has 3 N–H and O–H groups in total. The summed E-state index contributed by atoms with van der Waals surface area (Å²) in [7, 11) is 0. The minimum Gasteiger partial charge on any atom is -0.308 e. The molecule has 2 rings (SSSR count). The van der Waals surface area contributed by atoms with Crippen LogP contribution in [-0.4, -0.2) is 4.98 Å². The van der Waals surface area contributed by atoms with Crippen molar-refractivity contribution >= 4 is 29.2 Å². The molecule has 2 aromatic rings. The van der Waals surface area contributed by atoms with E-state index >= 15 is 0 Å². The first-order valence-electron chi connectivity index (χ1n) is 5.09. The van der Waals surface area contributed by atoms with E-state index in [0.29, 0.717) is 5.82 Å². The average molecular weight is 266 g/mol. The quantitative estimate of drug-likeness (QED) is 0.506. The Hall–Kier alpha value is -1.23. The van der Waals surface area contributed by atoms with E-state index in [-0.39, 0.29) is 0 Å². The number of aromatic nitrogens is 1. The molecular formula is C12H12ClN3S. The number of nitrogens with one attached hydrogen (secondary N) is 1. The van der Waals surface area contributed by atoms with Gasteiger partial charge in [-0.1, -0.05) is 35.9 Å². The van der Waals surface area contributed by atoms with Gasteiger partial charge >= 0.3 is 0 Å². The molecule has 1 aromatic heterocycles. The summed E-state index contributed by atoms with van der Waals surface area (Å²) in [6.45, 7) is 0. The first-order chi connectivity index (χ1) is 8.29. The molecule has 0 aliphatic carbocycles.